The highest BCUT2D eigenvalue weighted by Gasteiger charge is 2.26. The van der Waals surface area contributed by atoms with E-state index in [-0.39, 0.29) is 17.9 Å². The van der Waals surface area contributed by atoms with E-state index >= 15 is 0 Å². The van der Waals surface area contributed by atoms with Crippen LogP contribution in [0.1, 0.15) is 55.3 Å². The molecule has 1 aliphatic heterocycles. The molecule has 1 N–H and O–H groups in total. The topological polar surface area (TPSA) is 93.7 Å². The molecule has 8 nitrogen and oxygen atoms in total. The average Bonchev–Trinajstić information content (AvgIpc) is 3.65. The smallest absolute Gasteiger partial charge is 0.257 e. The lowest BCUT2D eigenvalue weighted by Crippen LogP contribution is -2.40. The molecule has 1 aliphatic carbocycles. The summed E-state index contributed by atoms with van der Waals surface area (Å²) in [6, 6.07) is 7.47. The summed E-state index contributed by atoms with van der Waals surface area (Å²) in [7, 11) is 3.29. The fourth-order valence-corrected chi connectivity index (χ4v) is 6.14. The molecule has 2 aromatic heterocycles. The summed E-state index contributed by atoms with van der Waals surface area (Å²) in [6.45, 7) is 1.33. The SMILES string of the molecule is COc1cc(-c2cncc(-c3cc(NC(=O)CC4CCCC4)cs3)n2)ccc1C(=O)N1CCC(OC)CC1. The Morgan fingerprint density at radius 3 is 2.55 bits per heavy atom. The Morgan fingerprint density at radius 2 is 1.82 bits per heavy atom. The number of likely N-dealkylation sites (tertiary alicyclic amines) is 1. The van der Waals surface area contributed by atoms with Crippen LogP contribution >= 0.6 is 11.3 Å². The quantitative estimate of drug-likeness (QED) is 0.401. The third-order valence-corrected chi connectivity index (χ3v) is 8.46. The van der Waals surface area contributed by atoms with Gasteiger partial charge in [-0.15, -0.1) is 11.3 Å². The molecule has 2 aliphatic rings. The molecule has 0 atom stereocenters. The predicted octanol–water partition coefficient (Wildman–Crippen LogP) is 5.65. The van der Waals surface area contributed by atoms with Crippen molar-refractivity contribution in [2.24, 2.45) is 5.92 Å². The van der Waals surface area contributed by atoms with Gasteiger partial charge in [-0.2, -0.15) is 0 Å². The van der Waals surface area contributed by atoms with E-state index < -0.39 is 0 Å². The number of ether oxygens (including phenoxy) is 2. The molecule has 3 heterocycles. The number of thiophene rings is 1. The number of aromatic nitrogens is 2. The minimum atomic E-state index is -0.0381. The highest BCUT2D eigenvalue weighted by molar-refractivity contribution is 7.14. The Labute approximate surface area is 227 Å². The van der Waals surface area contributed by atoms with Crippen molar-refractivity contribution in [2.45, 2.75) is 51.0 Å². The summed E-state index contributed by atoms with van der Waals surface area (Å²) in [4.78, 5) is 37.6. The van der Waals surface area contributed by atoms with Crippen LogP contribution in [0, 0.1) is 5.92 Å². The first-order valence-corrected chi connectivity index (χ1v) is 14.1. The third kappa shape index (κ3) is 6.05. The van der Waals surface area contributed by atoms with E-state index in [9.17, 15) is 9.59 Å². The lowest BCUT2D eigenvalue weighted by atomic mass is 10.0. The van der Waals surface area contributed by atoms with Crippen molar-refractivity contribution in [3.8, 4) is 27.6 Å². The predicted molar refractivity (Wildman–Crippen MR) is 148 cm³/mol. The molecule has 2 fully saturated rings. The van der Waals surface area contributed by atoms with Crippen LogP contribution < -0.4 is 10.1 Å². The van der Waals surface area contributed by atoms with Crippen molar-refractivity contribution in [3.05, 3.63) is 47.6 Å². The molecule has 9 heteroatoms. The molecule has 3 aromatic rings. The maximum Gasteiger partial charge on any atom is 0.257 e. The summed E-state index contributed by atoms with van der Waals surface area (Å²) < 4.78 is 11.0. The van der Waals surface area contributed by atoms with Gasteiger partial charge in [-0.25, -0.2) is 4.98 Å². The van der Waals surface area contributed by atoms with E-state index in [0.29, 0.717) is 42.4 Å². The number of methoxy groups -OCH3 is 2. The first kappa shape index (κ1) is 26.3. The van der Waals surface area contributed by atoms with E-state index in [1.165, 1.54) is 24.2 Å². The van der Waals surface area contributed by atoms with Gasteiger partial charge < -0.3 is 19.7 Å². The lowest BCUT2D eigenvalue weighted by molar-refractivity contribution is -0.117. The van der Waals surface area contributed by atoms with Gasteiger partial charge in [-0.1, -0.05) is 18.9 Å². The molecule has 38 heavy (non-hydrogen) atoms. The van der Waals surface area contributed by atoms with Crippen LogP contribution in [0.25, 0.3) is 21.8 Å². The first-order chi connectivity index (χ1) is 18.5. The van der Waals surface area contributed by atoms with Crippen molar-refractivity contribution in [1.29, 1.82) is 0 Å². The number of carbonyl (C=O) groups is 2. The number of hydrogen-bond donors (Lipinski definition) is 1. The first-order valence-electron chi connectivity index (χ1n) is 13.3. The monoisotopic (exact) mass is 534 g/mol. The van der Waals surface area contributed by atoms with E-state index in [1.807, 2.05) is 28.5 Å². The Kier molecular flexibility index (Phi) is 8.34. The highest BCUT2D eigenvalue weighted by atomic mass is 32.1. The number of anilines is 1. The van der Waals surface area contributed by atoms with Crippen molar-refractivity contribution in [2.75, 3.05) is 32.6 Å². The maximum atomic E-state index is 13.2. The number of carbonyl (C=O) groups excluding carboxylic acids is 2. The second-order valence-electron chi connectivity index (χ2n) is 10.0. The molecule has 1 saturated carbocycles. The molecule has 0 spiro atoms. The fraction of sp³-hybridized carbons (Fsp3) is 0.448. The van der Waals surface area contributed by atoms with E-state index in [2.05, 4.69) is 10.3 Å². The van der Waals surface area contributed by atoms with Gasteiger partial charge in [0.2, 0.25) is 5.91 Å². The van der Waals surface area contributed by atoms with Gasteiger partial charge >= 0.3 is 0 Å². The molecule has 0 bridgehead atoms. The summed E-state index contributed by atoms with van der Waals surface area (Å²) >= 11 is 1.52. The van der Waals surface area contributed by atoms with Crippen LogP contribution in [0.4, 0.5) is 5.69 Å². The normalized spacial score (nSPS) is 16.5. The van der Waals surface area contributed by atoms with Crippen LogP contribution in [0.2, 0.25) is 0 Å². The zero-order valence-electron chi connectivity index (χ0n) is 21.9. The number of nitrogens with one attached hydrogen (secondary N) is 1. The summed E-state index contributed by atoms with van der Waals surface area (Å²) in [5.74, 6) is 1.06. The van der Waals surface area contributed by atoms with Gasteiger partial charge in [0.1, 0.15) is 5.75 Å². The van der Waals surface area contributed by atoms with Crippen molar-refractivity contribution in [1.82, 2.24) is 14.9 Å². The minimum absolute atomic E-state index is 0.0381. The molecule has 5 rings (SSSR count). The van der Waals surface area contributed by atoms with Gasteiger partial charge in [0, 0.05) is 37.6 Å². The lowest BCUT2D eigenvalue weighted by Gasteiger charge is -2.31. The Balaban J connectivity index is 1.29. The summed E-state index contributed by atoms with van der Waals surface area (Å²) in [5.41, 5.74) is 3.55. The second-order valence-corrected chi connectivity index (χ2v) is 10.9. The fourth-order valence-electron chi connectivity index (χ4n) is 5.34. The minimum Gasteiger partial charge on any atom is -0.496 e. The van der Waals surface area contributed by atoms with Crippen molar-refractivity contribution < 1.29 is 19.1 Å². The van der Waals surface area contributed by atoms with Crippen LogP contribution in [0.5, 0.6) is 5.75 Å². The Hall–Kier alpha value is -3.30. The van der Waals surface area contributed by atoms with Crippen LogP contribution in [-0.2, 0) is 9.53 Å². The van der Waals surface area contributed by atoms with Crippen LogP contribution in [0.3, 0.4) is 0 Å². The van der Waals surface area contributed by atoms with Gasteiger partial charge in [-0.05, 0) is 49.8 Å². The summed E-state index contributed by atoms with van der Waals surface area (Å²) in [6.07, 6.45) is 10.6. The number of nitrogens with zero attached hydrogens (tertiary/aromatic N) is 3. The number of rotatable bonds is 8. The zero-order chi connectivity index (χ0) is 26.5. The van der Waals surface area contributed by atoms with Crippen molar-refractivity contribution >= 4 is 28.8 Å². The van der Waals surface area contributed by atoms with Gasteiger partial charge in [0.25, 0.3) is 5.91 Å². The molecule has 0 radical (unpaired) electrons. The number of benzene rings is 1. The Bertz CT molecular complexity index is 1280. The molecule has 1 saturated heterocycles. The van der Waals surface area contributed by atoms with E-state index in [0.717, 1.165) is 47.5 Å². The van der Waals surface area contributed by atoms with Gasteiger partial charge in [0.15, 0.2) is 0 Å². The van der Waals surface area contributed by atoms with Crippen molar-refractivity contribution in [3.63, 3.8) is 0 Å². The highest BCUT2D eigenvalue weighted by Crippen LogP contribution is 2.33. The molecule has 0 unspecified atom stereocenters. The summed E-state index contributed by atoms with van der Waals surface area (Å²) in [5, 5.41) is 4.97. The molecule has 2 amide bonds. The number of piperidine rings is 1. The molecule has 1 aromatic carbocycles. The average molecular weight is 535 g/mol. The second kappa shape index (κ2) is 12.0. The maximum absolute atomic E-state index is 13.2. The van der Waals surface area contributed by atoms with Gasteiger partial charge in [-0.3, -0.25) is 14.6 Å². The van der Waals surface area contributed by atoms with E-state index in [4.69, 9.17) is 14.5 Å². The van der Waals surface area contributed by atoms with Crippen LogP contribution in [-0.4, -0.2) is 60.1 Å². The van der Waals surface area contributed by atoms with Crippen LogP contribution in [0.15, 0.2) is 42.0 Å². The van der Waals surface area contributed by atoms with Gasteiger partial charge in [0.05, 0.1) is 53.1 Å². The zero-order valence-corrected chi connectivity index (χ0v) is 22.8. The Morgan fingerprint density at radius 1 is 1.05 bits per heavy atom. The third-order valence-electron chi connectivity index (χ3n) is 7.51. The number of hydrogen-bond acceptors (Lipinski definition) is 7. The standard InChI is InChI=1S/C29H34N4O4S/c1-36-22-9-11-33(12-10-22)29(35)23-8-7-20(14-26(23)37-2)24-16-30-17-25(32-24)27-15-21(18-38-27)31-28(34)13-19-5-3-4-6-19/h7-8,14-19,22H,3-6,9-13H2,1-2H3,(H,31,34). The molecular weight excluding hydrogens is 500 g/mol. The molecular formula is C29H34N4O4S. The largest absolute Gasteiger partial charge is 0.496 e. The van der Waals surface area contributed by atoms with E-state index in [1.54, 1.807) is 32.7 Å². The number of amides is 2. The molecule has 200 valence electrons.